The third kappa shape index (κ3) is 3.76. The van der Waals surface area contributed by atoms with Crippen LogP contribution < -0.4 is 10.6 Å². The van der Waals surface area contributed by atoms with Gasteiger partial charge >= 0.3 is 0 Å². The SMILES string of the molecule is CC1CCC(NCC2CCCCN2)CC1. The second-order valence-corrected chi connectivity index (χ2v) is 5.51. The molecule has 1 heterocycles. The van der Waals surface area contributed by atoms with Crippen LogP contribution in [0.4, 0.5) is 0 Å². The predicted molar refractivity (Wildman–Crippen MR) is 65.1 cm³/mol. The fourth-order valence-corrected chi connectivity index (χ4v) is 2.87. The summed E-state index contributed by atoms with van der Waals surface area (Å²) < 4.78 is 0. The van der Waals surface area contributed by atoms with Crippen LogP contribution in [0.2, 0.25) is 0 Å². The molecule has 88 valence electrons. The van der Waals surface area contributed by atoms with E-state index in [0.717, 1.165) is 18.0 Å². The quantitative estimate of drug-likeness (QED) is 0.747. The number of rotatable bonds is 3. The standard InChI is InChI=1S/C13H26N2/c1-11-5-7-12(8-6-11)15-10-13-4-2-3-9-14-13/h11-15H,2-10H2,1H3. The van der Waals surface area contributed by atoms with Gasteiger partial charge in [-0.05, 0) is 51.0 Å². The molecule has 2 heteroatoms. The molecule has 0 amide bonds. The summed E-state index contributed by atoms with van der Waals surface area (Å²) in [5, 5.41) is 7.35. The average Bonchev–Trinajstić information content (AvgIpc) is 2.30. The van der Waals surface area contributed by atoms with Crippen molar-refractivity contribution in [1.82, 2.24) is 10.6 Å². The van der Waals surface area contributed by atoms with Crippen LogP contribution in [0.1, 0.15) is 51.9 Å². The first-order chi connectivity index (χ1) is 7.34. The smallest absolute Gasteiger partial charge is 0.0192 e. The number of hydrogen-bond acceptors (Lipinski definition) is 2. The van der Waals surface area contributed by atoms with Gasteiger partial charge in [0.15, 0.2) is 0 Å². The van der Waals surface area contributed by atoms with Gasteiger partial charge in [-0.1, -0.05) is 13.3 Å². The van der Waals surface area contributed by atoms with Crippen molar-refractivity contribution in [3.8, 4) is 0 Å². The largest absolute Gasteiger partial charge is 0.313 e. The van der Waals surface area contributed by atoms with E-state index in [4.69, 9.17) is 0 Å². The van der Waals surface area contributed by atoms with E-state index in [2.05, 4.69) is 17.6 Å². The van der Waals surface area contributed by atoms with Gasteiger partial charge in [-0.15, -0.1) is 0 Å². The van der Waals surface area contributed by atoms with Gasteiger partial charge in [0.2, 0.25) is 0 Å². The van der Waals surface area contributed by atoms with E-state index in [9.17, 15) is 0 Å². The second-order valence-electron chi connectivity index (χ2n) is 5.51. The Morgan fingerprint density at radius 1 is 1.07 bits per heavy atom. The van der Waals surface area contributed by atoms with Crippen molar-refractivity contribution in [3.63, 3.8) is 0 Å². The molecule has 2 nitrogen and oxygen atoms in total. The summed E-state index contributed by atoms with van der Waals surface area (Å²) in [7, 11) is 0. The fourth-order valence-electron chi connectivity index (χ4n) is 2.87. The molecule has 0 radical (unpaired) electrons. The minimum atomic E-state index is 0.748. The van der Waals surface area contributed by atoms with Gasteiger partial charge in [-0.2, -0.15) is 0 Å². The van der Waals surface area contributed by atoms with E-state index < -0.39 is 0 Å². The van der Waals surface area contributed by atoms with Gasteiger partial charge < -0.3 is 10.6 Å². The predicted octanol–water partition coefficient (Wildman–Crippen LogP) is 2.30. The first-order valence-corrected chi connectivity index (χ1v) is 6.81. The Morgan fingerprint density at radius 2 is 1.87 bits per heavy atom. The highest BCUT2D eigenvalue weighted by molar-refractivity contribution is 4.80. The number of hydrogen-bond donors (Lipinski definition) is 2. The van der Waals surface area contributed by atoms with Crippen LogP contribution in [-0.2, 0) is 0 Å². The van der Waals surface area contributed by atoms with Crippen molar-refractivity contribution in [2.45, 2.75) is 64.0 Å². The van der Waals surface area contributed by atoms with Crippen LogP contribution in [-0.4, -0.2) is 25.2 Å². The van der Waals surface area contributed by atoms with Crippen molar-refractivity contribution in [2.75, 3.05) is 13.1 Å². The van der Waals surface area contributed by atoms with E-state index in [1.165, 1.54) is 58.0 Å². The molecular formula is C13H26N2. The fraction of sp³-hybridized carbons (Fsp3) is 1.00. The van der Waals surface area contributed by atoms with Crippen LogP contribution in [0, 0.1) is 5.92 Å². The molecule has 1 saturated carbocycles. The van der Waals surface area contributed by atoms with Crippen molar-refractivity contribution < 1.29 is 0 Å². The van der Waals surface area contributed by atoms with E-state index in [1.807, 2.05) is 0 Å². The molecule has 0 aromatic carbocycles. The topological polar surface area (TPSA) is 24.1 Å². The lowest BCUT2D eigenvalue weighted by Crippen LogP contribution is -2.45. The maximum Gasteiger partial charge on any atom is 0.0192 e. The summed E-state index contributed by atoms with van der Waals surface area (Å²) in [5.74, 6) is 0.968. The van der Waals surface area contributed by atoms with Crippen LogP contribution >= 0.6 is 0 Å². The molecule has 2 aliphatic rings. The van der Waals surface area contributed by atoms with E-state index in [1.54, 1.807) is 0 Å². The Morgan fingerprint density at radius 3 is 2.53 bits per heavy atom. The zero-order chi connectivity index (χ0) is 10.5. The lowest BCUT2D eigenvalue weighted by atomic mass is 9.87. The van der Waals surface area contributed by atoms with Gasteiger partial charge in [0.05, 0.1) is 0 Å². The lowest BCUT2D eigenvalue weighted by Gasteiger charge is -2.30. The zero-order valence-corrected chi connectivity index (χ0v) is 10.1. The summed E-state index contributed by atoms with van der Waals surface area (Å²) >= 11 is 0. The van der Waals surface area contributed by atoms with Crippen LogP contribution in [0.3, 0.4) is 0 Å². The maximum atomic E-state index is 3.75. The Hall–Kier alpha value is -0.0800. The highest BCUT2D eigenvalue weighted by Gasteiger charge is 2.19. The van der Waals surface area contributed by atoms with Crippen molar-refractivity contribution >= 4 is 0 Å². The first-order valence-electron chi connectivity index (χ1n) is 6.81. The molecule has 1 aliphatic carbocycles. The molecule has 1 unspecified atom stereocenters. The van der Waals surface area contributed by atoms with Gasteiger partial charge in [0.25, 0.3) is 0 Å². The molecule has 2 N–H and O–H groups in total. The molecule has 2 fully saturated rings. The molecule has 1 atom stereocenters. The van der Waals surface area contributed by atoms with Crippen molar-refractivity contribution in [3.05, 3.63) is 0 Å². The summed E-state index contributed by atoms with van der Waals surface area (Å²) in [5.41, 5.74) is 0. The van der Waals surface area contributed by atoms with Crippen LogP contribution in [0.15, 0.2) is 0 Å². The Kier molecular flexibility index (Phi) is 4.45. The summed E-state index contributed by atoms with van der Waals surface area (Å²) in [4.78, 5) is 0. The zero-order valence-electron chi connectivity index (χ0n) is 10.1. The molecule has 15 heavy (non-hydrogen) atoms. The first kappa shape index (κ1) is 11.4. The summed E-state index contributed by atoms with van der Waals surface area (Å²) in [6, 6.07) is 1.56. The number of nitrogens with one attached hydrogen (secondary N) is 2. The second kappa shape index (κ2) is 5.86. The Labute approximate surface area is 94.2 Å². The highest BCUT2D eigenvalue weighted by atomic mass is 15.0. The minimum Gasteiger partial charge on any atom is -0.313 e. The molecule has 2 rings (SSSR count). The van der Waals surface area contributed by atoms with Crippen molar-refractivity contribution in [2.24, 2.45) is 5.92 Å². The molecule has 0 spiro atoms. The van der Waals surface area contributed by atoms with E-state index >= 15 is 0 Å². The highest BCUT2D eigenvalue weighted by Crippen LogP contribution is 2.23. The van der Waals surface area contributed by atoms with E-state index in [-0.39, 0.29) is 0 Å². The monoisotopic (exact) mass is 210 g/mol. The molecule has 0 bridgehead atoms. The molecule has 1 aliphatic heterocycles. The van der Waals surface area contributed by atoms with Gasteiger partial charge in [-0.3, -0.25) is 0 Å². The van der Waals surface area contributed by atoms with Gasteiger partial charge in [0.1, 0.15) is 0 Å². The molecule has 0 aromatic rings. The van der Waals surface area contributed by atoms with Crippen LogP contribution in [0.5, 0.6) is 0 Å². The number of piperidine rings is 1. The Bertz CT molecular complexity index is 167. The van der Waals surface area contributed by atoms with Gasteiger partial charge in [0, 0.05) is 18.6 Å². The molecule has 1 saturated heterocycles. The van der Waals surface area contributed by atoms with E-state index in [0.29, 0.717) is 0 Å². The maximum absolute atomic E-state index is 3.75. The average molecular weight is 210 g/mol. The molecular weight excluding hydrogens is 184 g/mol. The third-order valence-corrected chi connectivity index (χ3v) is 4.08. The lowest BCUT2D eigenvalue weighted by molar-refractivity contribution is 0.288. The van der Waals surface area contributed by atoms with Crippen molar-refractivity contribution in [1.29, 1.82) is 0 Å². The summed E-state index contributed by atoms with van der Waals surface area (Å²) in [6.07, 6.45) is 9.81. The summed E-state index contributed by atoms with van der Waals surface area (Å²) in [6.45, 7) is 4.81. The Balaban J connectivity index is 1.60. The molecule has 0 aromatic heterocycles. The van der Waals surface area contributed by atoms with Gasteiger partial charge in [-0.25, -0.2) is 0 Å². The third-order valence-electron chi connectivity index (χ3n) is 4.08. The normalized spacial score (nSPS) is 37.8. The van der Waals surface area contributed by atoms with Crippen LogP contribution in [0.25, 0.3) is 0 Å². The minimum absolute atomic E-state index is 0.748.